The van der Waals surface area contributed by atoms with Gasteiger partial charge in [-0.2, -0.15) is 0 Å². The van der Waals surface area contributed by atoms with Gasteiger partial charge in [0.1, 0.15) is 11.6 Å². The highest BCUT2D eigenvalue weighted by molar-refractivity contribution is 5.98. The highest BCUT2D eigenvalue weighted by Crippen LogP contribution is 2.26. The Kier molecular flexibility index (Phi) is 9.12. The van der Waals surface area contributed by atoms with Crippen molar-refractivity contribution in [1.29, 1.82) is 0 Å². The number of aryl methyl sites for hydroxylation is 1. The lowest BCUT2D eigenvalue weighted by atomic mass is 9.91. The molecule has 35 heavy (non-hydrogen) atoms. The third-order valence-corrected chi connectivity index (χ3v) is 6.01. The van der Waals surface area contributed by atoms with Gasteiger partial charge < -0.3 is 21.7 Å². The van der Waals surface area contributed by atoms with E-state index in [2.05, 4.69) is 30.5 Å². The highest BCUT2D eigenvalue weighted by atomic mass is 19.1. The number of carbonyl (C=O) groups excluding carboxylic acids is 1. The number of aliphatic imine (C=N–C) groups is 1. The number of urea groups is 1. The van der Waals surface area contributed by atoms with Gasteiger partial charge >= 0.3 is 6.03 Å². The second kappa shape index (κ2) is 12.2. The Morgan fingerprint density at radius 1 is 1.17 bits per heavy atom. The van der Waals surface area contributed by atoms with Gasteiger partial charge in [0.25, 0.3) is 5.56 Å². The molecule has 190 valence electrons. The molecule has 0 bridgehead atoms. The Morgan fingerprint density at radius 2 is 1.91 bits per heavy atom. The average molecular weight is 491 g/mol. The maximum absolute atomic E-state index is 13.9. The third kappa shape index (κ3) is 7.74. The van der Waals surface area contributed by atoms with Crippen molar-refractivity contribution in [1.82, 2.24) is 14.9 Å². The molecule has 1 saturated heterocycles. The quantitative estimate of drug-likeness (QED) is 0.207. The Balaban J connectivity index is 1.46. The van der Waals surface area contributed by atoms with Crippen LogP contribution in [0.2, 0.25) is 0 Å². The van der Waals surface area contributed by atoms with Gasteiger partial charge in [0.2, 0.25) is 5.95 Å². The summed E-state index contributed by atoms with van der Waals surface area (Å²) in [5.41, 5.74) is 10.7. The van der Waals surface area contributed by atoms with Crippen LogP contribution in [-0.2, 0) is 0 Å². The number of anilines is 2. The maximum Gasteiger partial charge on any atom is 0.326 e. The van der Waals surface area contributed by atoms with Crippen LogP contribution in [0.15, 0.2) is 28.1 Å². The van der Waals surface area contributed by atoms with Crippen LogP contribution >= 0.6 is 0 Å². The summed E-state index contributed by atoms with van der Waals surface area (Å²) < 4.78 is 27.6. The Bertz CT molecular complexity index is 1110. The fraction of sp³-hybridized carbons (Fsp3) is 0.478. The first-order valence-corrected chi connectivity index (χ1v) is 11.6. The first-order chi connectivity index (χ1) is 16.7. The molecule has 1 aliphatic heterocycles. The molecule has 1 fully saturated rings. The predicted octanol–water partition coefficient (Wildman–Crippen LogP) is 2.62. The number of hydrogen-bond donors (Lipinski definition) is 5. The summed E-state index contributed by atoms with van der Waals surface area (Å²) in [5.74, 6) is -1.29. The van der Waals surface area contributed by atoms with Crippen LogP contribution in [0.5, 0.6) is 0 Å². The summed E-state index contributed by atoms with van der Waals surface area (Å²) in [6.07, 6.45) is 6.20. The van der Waals surface area contributed by atoms with Crippen molar-refractivity contribution in [2.45, 2.75) is 44.9 Å². The molecule has 3 rings (SSSR count). The second-order valence-corrected chi connectivity index (χ2v) is 8.66. The van der Waals surface area contributed by atoms with Crippen LogP contribution in [0.4, 0.5) is 25.2 Å². The third-order valence-electron chi connectivity index (χ3n) is 6.01. The van der Waals surface area contributed by atoms with E-state index in [9.17, 15) is 18.4 Å². The number of H-pyrrole nitrogens is 1. The molecular weight excluding hydrogens is 458 g/mol. The van der Waals surface area contributed by atoms with E-state index in [-0.39, 0.29) is 34.6 Å². The van der Waals surface area contributed by atoms with E-state index in [0.29, 0.717) is 12.1 Å². The van der Waals surface area contributed by atoms with Gasteiger partial charge in [0.05, 0.1) is 5.69 Å². The van der Waals surface area contributed by atoms with Crippen LogP contribution in [0.25, 0.3) is 0 Å². The van der Waals surface area contributed by atoms with Crippen LogP contribution in [0.1, 0.15) is 49.1 Å². The van der Waals surface area contributed by atoms with E-state index in [1.807, 2.05) is 0 Å². The maximum atomic E-state index is 13.9. The highest BCUT2D eigenvalue weighted by Gasteiger charge is 2.23. The number of nitrogens with one attached hydrogen (secondary N) is 3. The smallest absolute Gasteiger partial charge is 0.326 e. The first-order valence-electron chi connectivity index (χ1n) is 11.6. The number of nitrogens with two attached hydrogens (primary N) is 2. The predicted molar refractivity (Wildman–Crippen MR) is 132 cm³/mol. The van der Waals surface area contributed by atoms with Crippen LogP contribution < -0.4 is 27.7 Å². The molecule has 0 saturated carbocycles. The van der Waals surface area contributed by atoms with Crippen molar-refractivity contribution < 1.29 is 13.6 Å². The number of amides is 2. The normalized spacial score (nSPS) is 14.5. The standard InChI is InChI=1S/C23H32F2N8O2/c1-14-11-18(25)19(12-17(14)24)30-23(35)32-22-29-13-16(20(34)31-22)15-5-9-33(10-6-15)8-4-2-3-7-28-21(26)27/h11-13,15H,2-10H2,1H3,(H4,26,27,28)(H3,29,30,31,32,34,35). The van der Waals surface area contributed by atoms with Crippen molar-refractivity contribution in [3.63, 3.8) is 0 Å². The van der Waals surface area contributed by atoms with Crippen LogP contribution in [-0.4, -0.2) is 53.0 Å². The molecule has 2 aromatic rings. The molecule has 0 radical (unpaired) electrons. The second-order valence-electron chi connectivity index (χ2n) is 8.66. The number of aromatic nitrogens is 2. The van der Waals surface area contributed by atoms with E-state index in [4.69, 9.17) is 11.5 Å². The van der Waals surface area contributed by atoms with Crippen LogP contribution in [0.3, 0.4) is 0 Å². The fourth-order valence-corrected chi connectivity index (χ4v) is 4.06. The molecule has 2 amide bonds. The van der Waals surface area contributed by atoms with E-state index < -0.39 is 17.7 Å². The number of piperidine rings is 1. The Morgan fingerprint density at radius 3 is 2.60 bits per heavy atom. The van der Waals surface area contributed by atoms with Crippen molar-refractivity contribution in [3.8, 4) is 0 Å². The van der Waals surface area contributed by atoms with Crippen LogP contribution in [0, 0.1) is 18.6 Å². The number of benzene rings is 1. The minimum absolute atomic E-state index is 0.0804. The number of hydrogen-bond acceptors (Lipinski definition) is 5. The first kappa shape index (κ1) is 26.1. The van der Waals surface area contributed by atoms with E-state index in [0.717, 1.165) is 63.9 Å². The van der Waals surface area contributed by atoms with Crippen molar-refractivity contribution in [3.05, 3.63) is 51.4 Å². The zero-order valence-electron chi connectivity index (χ0n) is 19.7. The largest absolute Gasteiger partial charge is 0.370 e. The number of halogens is 2. The molecular formula is C23H32F2N8O2. The summed E-state index contributed by atoms with van der Waals surface area (Å²) in [5, 5.41) is 4.55. The summed E-state index contributed by atoms with van der Waals surface area (Å²) in [7, 11) is 0. The minimum atomic E-state index is -0.852. The molecule has 2 heterocycles. The molecule has 0 aliphatic carbocycles. The summed E-state index contributed by atoms with van der Waals surface area (Å²) in [6, 6.07) is 1.03. The van der Waals surface area contributed by atoms with E-state index in [1.54, 1.807) is 0 Å². The monoisotopic (exact) mass is 490 g/mol. The van der Waals surface area contributed by atoms with Crippen molar-refractivity contribution in [2.75, 3.05) is 36.8 Å². The Hall–Kier alpha value is -3.54. The van der Waals surface area contributed by atoms with Gasteiger partial charge in [-0.1, -0.05) is 6.42 Å². The fourth-order valence-electron chi connectivity index (χ4n) is 4.06. The molecule has 0 unspecified atom stereocenters. The SMILES string of the molecule is Cc1cc(F)c(NC(=O)Nc2ncc(C3CCN(CCCCCN=C(N)N)CC3)c(=O)[nH]2)cc1F. The van der Waals surface area contributed by atoms with Crippen molar-refractivity contribution in [2.24, 2.45) is 16.5 Å². The summed E-state index contributed by atoms with van der Waals surface area (Å²) in [6.45, 7) is 4.83. The van der Waals surface area contributed by atoms with Gasteiger partial charge in [-0.05, 0) is 69.8 Å². The molecule has 1 aliphatic rings. The lowest BCUT2D eigenvalue weighted by molar-refractivity contribution is 0.208. The van der Waals surface area contributed by atoms with E-state index >= 15 is 0 Å². The average Bonchev–Trinajstić information content (AvgIpc) is 2.80. The van der Waals surface area contributed by atoms with Gasteiger partial charge in [-0.3, -0.25) is 20.1 Å². The molecule has 10 nitrogen and oxygen atoms in total. The molecule has 0 atom stereocenters. The molecule has 7 N–H and O–H groups in total. The zero-order chi connectivity index (χ0) is 25.4. The molecule has 1 aromatic heterocycles. The lowest BCUT2D eigenvalue weighted by Crippen LogP contribution is -2.35. The number of nitrogens with zero attached hydrogens (tertiary/aromatic N) is 3. The van der Waals surface area contributed by atoms with Gasteiger partial charge in [-0.25, -0.2) is 18.6 Å². The summed E-state index contributed by atoms with van der Waals surface area (Å²) >= 11 is 0. The van der Waals surface area contributed by atoms with Gasteiger partial charge in [0, 0.05) is 24.4 Å². The number of rotatable bonds is 9. The minimum Gasteiger partial charge on any atom is -0.370 e. The number of aromatic amines is 1. The van der Waals surface area contributed by atoms with Gasteiger partial charge in [-0.15, -0.1) is 0 Å². The number of carbonyl (C=O) groups is 1. The topological polar surface area (TPSA) is 155 Å². The Labute approximate surface area is 202 Å². The molecule has 1 aromatic carbocycles. The number of unbranched alkanes of at least 4 members (excludes halogenated alkanes) is 2. The molecule has 0 spiro atoms. The molecule has 12 heteroatoms. The van der Waals surface area contributed by atoms with E-state index in [1.165, 1.54) is 13.1 Å². The number of likely N-dealkylation sites (tertiary alicyclic amines) is 1. The van der Waals surface area contributed by atoms with Gasteiger partial charge in [0.15, 0.2) is 5.96 Å². The zero-order valence-corrected chi connectivity index (χ0v) is 19.7. The van der Waals surface area contributed by atoms with Crippen molar-refractivity contribution >= 4 is 23.6 Å². The summed E-state index contributed by atoms with van der Waals surface area (Å²) in [4.78, 5) is 37.8. The lowest BCUT2D eigenvalue weighted by Gasteiger charge is -2.31. The number of guanidine groups is 1.